The predicted molar refractivity (Wildman–Crippen MR) is 141 cm³/mol. The Balaban J connectivity index is 0.00000176. The van der Waals surface area contributed by atoms with E-state index in [4.69, 9.17) is 4.74 Å². The minimum absolute atomic E-state index is 0.0925. The van der Waals surface area contributed by atoms with Gasteiger partial charge in [0.15, 0.2) is 0 Å². The summed E-state index contributed by atoms with van der Waals surface area (Å²) >= 11 is 0. The molecule has 0 saturated carbocycles. The number of amides is 1. The van der Waals surface area contributed by atoms with Gasteiger partial charge in [0.05, 0.1) is 30.5 Å². The molecule has 4 rings (SSSR count). The van der Waals surface area contributed by atoms with Crippen molar-refractivity contribution in [2.24, 2.45) is 4.99 Å². The lowest BCUT2D eigenvalue weighted by atomic mass is 10.0. The van der Waals surface area contributed by atoms with Crippen LogP contribution in [-0.2, 0) is 9.53 Å². The Bertz CT molecular complexity index is 1200. The Kier molecular flexibility index (Phi) is 9.23. The first-order valence-corrected chi connectivity index (χ1v) is 11.8. The molecule has 8 heteroatoms. The maximum atomic E-state index is 13.4. The lowest BCUT2D eigenvalue weighted by Gasteiger charge is -2.42. The van der Waals surface area contributed by atoms with Gasteiger partial charge in [-0.3, -0.25) is 14.8 Å². The number of hydrogen-bond donors (Lipinski definition) is 0. The molecule has 2 aliphatic heterocycles. The molecular weight excluding hydrogens is 457 g/mol. The van der Waals surface area contributed by atoms with Crippen LogP contribution in [0.25, 0.3) is 5.70 Å². The highest BCUT2D eigenvalue weighted by atomic mass is 19.1. The van der Waals surface area contributed by atoms with Crippen molar-refractivity contribution in [2.75, 3.05) is 25.2 Å². The van der Waals surface area contributed by atoms with Crippen LogP contribution in [0.5, 0.6) is 0 Å². The summed E-state index contributed by atoms with van der Waals surface area (Å²) in [4.78, 5) is 21.5. The zero-order valence-corrected chi connectivity index (χ0v) is 21.0. The summed E-state index contributed by atoms with van der Waals surface area (Å²) in [5.41, 5.74) is 3.70. The number of aliphatic imine (C=N–C) groups is 1. The van der Waals surface area contributed by atoms with E-state index in [0.717, 1.165) is 54.2 Å². The second kappa shape index (κ2) is 12.5. The largest absolute Gasteiger partial charge is 0.499 e. The van der Waals surface area contributed by atoms with Crippen molar-refractivity contribution < 1.29 is 13.9 Å². The minimum Gasteiger partial charge on any atom is -0.499 e. The molecule has 1 aromatic carbocycles. The van der Waals surface area contributed by atoms with Crippen molar-refractivity contribution in [3.8, 4) is 12.8 Å². The van der Waals surface area contributed by atoms with Crippen LogP contribution in [0.3, 0.4) is 0 Å². The number of terminal acetylenes is 1. The van der Waals surface area contributed by atoms with Gasteiger partial charge in [0.1, 0.15) is 24.0 Å². The SMILES string of the molecule is C#C.CO/C(C)=C(/C=C\CC/C=C1\CCCN2C1=NCC(=O)N2c1ccc(F)cc1)n1cnc(C)c1. The van der Waals surface area contributed by atoms with Gasteiger partial charge in [0, 0.05) is 12.7 Å². The lowest BCUT2D eigenvalue weighted by Crippen LogP contribution is -2.56. The third-order valence-electron chi connectivity index (χ3n) is 5.92. The van der Waals surface area contributed by atoms with Crippen molar-refractivity contribution in [1.82, 2.24) is 14.6 Å². The molecule has 3 heterocycles. The molecule has 1 aromatic heterocycles. The number of ether oxygens (including phenoxy) is 1. The number of unbranched alkanes of at least 4 members (excludes halogenated alkanes) is 1. The van der Waals surface area contributed by atoms with Crippen LogP contribution >= 0.6 is 0 Å². The van der Waals surface area contributed by atoms with Crippen molar-refractivity contribution >= 4 is 23.1 Å². The number of hydrazine groups is 1. The molecule has 0 atom stereocenters. The van der Waals surface area contributed by atoms with E-state index >= 15 is 0 Å². The van der Waals surface area contributed by atoms with Crippen LogP contribution in [0, 0.1) is 25.6 Å². The zero-order valence-electron chi connectivity index (χ0n) is 21.0. The average molecular weight is 490 g/mol. The normalized spacial score (nSPS) is 17.3. The fourth-order valence-electron chi connectivity index (χ4n) is 4.18. The topological polar surface area (TPSA) is 63.0 Å². The summed E-state index contributed by atoms with van der Waals surface area (Å²) in [5.74, 6) is 1.22. The number of imidazole rings is 1. The molecule has 188 valence electrons. The fourth-order valence-corrected chi connectivity index (χ4v) is 4.18. The predicted octanol–water partition coefficient (Wildman–Crippen LogP) is 5.13. The molecule has 0 unspecified atom stereocenters. The number of halogens is 1. The number of rotatable bonds is 7. The summed E-state index contributed by atoms with van der Waals surface area (Å²) < 4.78 is 20.8. The number of carbonyl (C=O) groups is 1. The van der Waals surface area contributed by atoms with Crippen molar-refractivity contribution in [1.29, 1.82) is 0 Å². The maximum Gasteiger partial charge on any atom is 0.267 e. The number of allylic oxidation sites excluding steroid dienone is 5. The number of fused-ring (bicyclic) bond motifs is 1. The molecule has 0 bridgehead atoms. The average Bonchev–Trinajstić information content (AvgIpc) is 3.33. The van der Waals surface area contributed by atoms with E-state index in [1.165, 1.54) is 12.1 Å². The summed E-state index contributed by atoms with van der Waals surface area (Å²) in [5, 5.41) is 3.56. The molecule has 0 aliphatic carbocycles. The Morgan fingerprint density at radius 2 is 1.97 bits per heavy atom. The number of carbonyl (C=O) groups excluding carboxylic acids is 1. The number of benzene rings is 1. The number of nitrogens with zero attached hydrogens (tertiary/aromatic N) is 5. The maximum absolute atomic E-state index is 13.4. The minimum atomic E-state index is -0.323. The zero-order chi connectivity index (χ0) is 26.1. The number of amidine groups is 1. The van der Waals surface area contributed by atoms with Crippen LogP contribution in [-0.4, -0.2) is 46.5 Å². The van der Waals surface area contributed by atoms with E-state index in [0.29, 0.717) is 12.2 Å². The van der Waals surface area contributed by atoms with Crippen LogP contribution in [0.2, 0.25) is 0 Å². The van der Waals surface area contributed by atoms with Gasteiger partial charge in [0.2, 0.25) is 0 Å². The highest BCUT2D eigenvalue weighted by Gasteiger charge is 2.33. The molecule has 7 nitrogen and oxygen atoms in total. The van der Waals surface area contributed by atoms with Gasteiger partial charge in [0.25, 0.3) is 5.91 Å². The third-order valence-corrected chi connectivity index (χ3v) is 5.92. The second-order valence-corrected chi connectivity index (χ2v) is 8.33. The second-order valence-electron chi connectivity index (χ2n) is 8.33. The van der Waals surface area contributed by atoms with Crippen LogP contribution < -0.4 is 5.01 Å². The highest BCUT2D eigenvalue weighted by Crippen LogP contribution is 2.28. The first-order valence-electron chi connectivity index (χ1n) is 11.8. The Hall–Kier alpha value is -4.12. The number of methoxy groups -OCH3 is 1. The standard InChI is InChI=1S/C26H30FN5O2.C2H2/c1-19-17-30(18-29-19)24(20(2)34-3)10-6-4-5-8-21-9-7-15-31-26(21)28-16-25(33)32(31)23-13-11-22(27)12-14-23;1-2/h6,8,10-14,17-18H,4-5,7,9,15-16H2,1-3H3;1-2H/b10-6-,21-8+,24-20-;. The Morgan fingerprint density at radius 1 is 1.22 bits per heavy atom. The third kappa shape index (κ3) is 6.11. The number of aryl methyl sites for hydroxylation is 1. The number of piperidine rings is 1. The highest BCUT2D eigenvalue weighted by molar-refractivity contribution is 6.08. The van der Waals surface area contributed by atoms with Gasteiger partial charge >= 0.3 is 0 Å². The fraction of sp³-hybridized carbons (Fsp3) is 0.321. The Morgan fingerprint density at radius 3 is 2.64 bits per heavy atom. The van der Waals surface area contributed by atoms with Gasteiger partial charge in [-0.05, 0) is 75.4 Å². The van der Waals surface area contributed by atoms with Crippen molar-refractivity contribution in [3.63, 3.8) is 0 Å². The molecule has 1 fully saturated rings. The van der Waals surface area contributed by atoms with Crippen LogP contribution in [0.1, 0.15) is 38.3 Å². The van der Waals surface area contributed by atoms with Gasteiger partial charge in [-0.25, -0.2) is 14.4 Å². The monoisotopic (exact) mass is 489 g/mol. The number of anilines is 1. The summed E-state index contributed by atoms with van der Waals surface area (Å²) in [7, 11) is 1.66. The molecule has 0 radical (unpaired) electrons. The van der Waals surface area contributed by atoms with Crippen molar-refractivity contribution in [3.05, 3.63) is 77.9 Å². The first kappa shape index (κ1) is 26.5. The van der Waals surface area contributed by atoms with Gasteiger partial charge in [-0.1, -0.05) is 12.2 Å². The number of hydrogen-bond acceptors (Lipinski definition) is 5. The van der Waals surface area contributed by atoms with Gasteiger partial charge in [-0.15, -0.1) is 12.8 Å². The van der Waals surface area contributed by atoms with E-state index in [9.17, 15) is 9.18 Å². The molecular formula is C28H32FN5O2. The molecule has 0 N–H and O–H groups in total. The molecule has 1 saturated heterocycles. The Labute approximate surface area is 212 Å². The van der Waals surface area contributed by atoms with E-state index in [1.807, 2.05) is 29.6 Å². The summed E-state index contributed by atoms with van der Waals surface area (Å²) in [6.45, 7) is 4.69. The van der Waals surface area contributed by atoms with E-state index in [2.05, 4.69) is 41.1 Å². The summed E-state index contributed by atoms with van der Waals surface area (Å²) in [6, 6.07) is 6.02. The van der Waals surface area contributed by atoms with E-state index in [-0.39, 0.29) is 18.3 Å². The van der Waals surface area contributed by atoms with Crippen LogP contribution in [0.15, 0.2) is 71.3 Å². The molecule has 2 aromatic rings. The molecule has 36 heavy (non-hydrogen) atoms. The summed E-state index contributed by atoms with van der Waals surface area (Å²) in [6.07, 6.45) is 21.7. The van der Waals surface area contributed by atoms with E-state index in [1.54, 1.807) is 30.6 Å². The van der Waals surface area contributed by atoms with Crippen molar-refractivity contribution in [2.45, 2.75) is 39.5 Å². The quantitative estimate of drug-likeness (QED) is 0.234. The van der Waals surface area contributed by atoms with Crippen LogP contribution in [0.4, 0.5) is 10.1 Å². The van der Waals surface area contributed by atoms with Gasteiger partial charge in [-0.2, -0.15) is 0 Å². The number of aromatic nitrogens is 2. The molecule has 2 aliphatic rings. The van der Waals surface area contributed by atoms with Gasteiger partial charge < -0.3 is 9.30 Å². The lowest BCUT2D eigenvalue weighted by molar-refractivity contribution is -0.119. The van der Waals surface area contributed by atoms with E-state index < -0.39 is 0 Å². The molecule has 1 amide bonds. The first-order chi connectivity index (χ1) is 17.5. The molecule has 0 spiro atoms. The smallest absolute Gasteiger partial charge is 0.267 e.